The molecule has 0 saturated carbocycles. The number of piperazine rings is 1. The van der Waals surface area contributed by atoms with Crippen molar-refractivity contribution in [2.45, 2.75) is 17.7 Å². The van der Waals surface area contributed by atoms with E-state index >= 15 is 0 Å². The normalized spacial score (nSPS) is 20.4. The number of ether oxygens (including phenoxy) is 1. The molecule has 0 unspecified atom stereocenters. The van der Waals surface area contributed by atoms with Crippen LogP contribution in [0.4, 0.5) is 0 Å². The first-order valence-corrected chi connectivity index (χ1v) is 10.1. The molecule has 0 aliphatic carbocycles. The zero-order valence-electron chi connectivity index (χ0n) is 14.5. The third-order valence-electron chi connectivity index (χ3n) is 4.94. The van der Waals surface area contributed by atoms with Crippen molar-refractivity contribution in [2.75, 3.05) is 46.4 Å². The van der Waals surface area contributed by atoms with Gasteiger partial charge in [0.15, 0.2) is 0 Å². The molecular weight excluding hydrogens is 342 g/mol. The molecule has 0 atom stereocenters. The van der Waals surface area contributed by atoms with Gasteiger partial charge >= 0.3 is 0 Å². The Morgan fingerprint density at radius 2 is 1.68 bits per heavy atom. The Labute approximate surface area is 149 Å². The highest BCUT2D eigenvalue weighted by atomic mass is 32.2. The van der Waals surface area contributed by atoms with Gasteiger partial charge in [0.25, 0.3) is 0 Å². The van der Waals surface area contributed by atoms with Crippen LogP contribution in [0.3, 0.4) is 0 Å². The monoisotopic (exact) mass is 367 g/mol. The standard InChI is InChI=1S/C17H25N3O4S/c1-24-15-2-4-16(5-3-15)25(22,23)20-12-10-19(11-13-20)17(21)14-6-8-18-9-7-14/h2-5,14,18H,6-13H2,1H3. The predicted molar refractivity (Wildman–Crippen MR) is 93.9 cm³/mol. The van der Waals surface area contributed by atoms with E-state index in [-0.39, 0.29) is 16.7 Å². The number of hydrogen-bond donors (Lipinski definition) is 1. The Bertz CT molecular complexity index is 691. The van der Waals surface area contributed by atoms with Crippen molar-refractivity contribution in [2.24, 2.45) is 5.92 Å². The minimum Gasteiger partial charge on any atom is -0.497 e. The van der Waals surface area contributed by atoms with Gasteiger partial charge in [-0.05, 0) is 50.2 Å². The van der Waals surface area contributed by atoms with Gasteiger partial charge in [-0.25, -0.2) is 8.42 Å². The first kappa shape index (κ1) is 18.2. The van der Waals surface area contributed by atoms with Crippen molar-refractivity contribution < 1.29 is 17.9 Å². The minimum atomic E-state index is -3.53. The number of sulfonamides is 1. The number of piperidine rings is 1. The highest BCUT2D eigenvalue weighted by Gasteiger charge is 2.32. The van der Waals surface area contributed by atoms with E-state index in [1.165, 1.54) is 4.31 Å². The number of methoxy groups -OCH3 is 1. The summed E-state index contributed by atoms with van der Waals surface area (Å²) in [5.41, 5.74) is 0. The van der Waals surface area contributed by atoms with E-state index in [0.717, 1.165) is 25.9 Å². The number of benzene rings is 1. The van der Waals surface area contributed by atoms with Crippen LogP contribution in [0.2, 0.25) is 0 Å². The summed E-state index contributed by atoms with van der Waals surface area (Å²) < 4.78 is 32.0. The highest BCUT2D eigenvalue weighted by molar-refractivity contribution is 7.89. The molecule has 0 aromatic heterocycles. The van der Waals surface area contributed by atoms with Crippen LogP contribution in [-0.4, -0.2) is 69.9 Å². The van der Waals surface area contributed by atoms with Crippen LogP contribution in [0, 0.1) is 5.92 Å². The molecule has 2 heterocycles. The smallest absolute Gasteiger partial charge is 0.243 e. The van der Waals surface area contributed by atoms with E-state index in [0.29, 0.717) is 31.9 Å². The fourth-order valence-corrected chi connectivity index (χ4v) is 4.79. The van der Waals surface area contributed by atoms with E-state index in [2.05, 4.69) is 5.32 Å². The molecular formula is C17H25N3O4S. The molecule has 3 rings (SSSR count). The lowest BCUT2D eigenvalue weighted by Crippen LogP contribution is -2.52. The highest BCUT2D eigenvalue weighted by Crippen LogP contribution is 2.22. The van der Waals surface area contributed by atoms with E-state index in [9.17, 15) is 13.2 Å². The van der Waals surface area contributed by atoms with Crippen molar-refractivity contribution in [3.05, 3.63) is 24.3 Å². The third kappa shape index (κ3) is 3.96. The van der Waals surface area contributed by atoms with Gasteiger partial charge in [0.05, 0.1) is 12.0 Å². The lowest BCUT2D eigenvalue weighted by molar-refractivity contribution is -0.137. The van der Waals surface area contributed by atoms with Crippen molar-refractivity contribution in [1.82, 2.24) is 14.5 Å². The number of amides is 1. The molecule has 25 heavy (non-hydrogen) atoms. The summed E-state index contributed by atoms with van der Waals surface area (Å²) in [6.07, 6.45) is 1.73. The molecule has 138 valence electrons. The second-order valence-corrected chi connectivity index (χ2v) is 8.37. The minimum absolute atomic E-state index is 0.0750. The molecule has 2 fully saturated rings. The van der Waals surface area contributed by atoms with Crippen LogP contribution in [0.5, 0.6) is 5.75 Å². The van der Waals surface area contributed by atoms with E-state index < -0.39 is 10.0 Å². The molecule has 1 aromatic rings. The van der Waals surface area contributed by atoms with Crippen LogP contribution in [0.15, 0.2) is 29.2 Å². The first-order valence-electron chi connectivity index (χ1n) is 8.66. The van der Waals surface area contributed by atoms with Gasteiger partial charge in [-0.15, -0.1) is 0 Å². The maximum Gasteiger partial charge on any atom is 0.243 e. The summed E-state index contributed by atoms with van der Waals surface area (Å²) >= 11 is 0. The Kier molecular flexibility index (Phi) is 5.61. The average molecular weight is 367 g/mol. The number of rotatable bonds is 4. The van der Waals surface area contributed by atoms with Crippen LogP contribution in [0.25, 0.3) is 0 Å². The molecule has 8 heteroatoms. The summed E-state index contributed by atoms with van der Waals surface area (Å²) in [5, 5.41) is 3.26. The summed E-state index contributed by atoms with van der Waals surface area (Å²) in [4.78, 5) is 14.6. The maximum atomic E-state index is 12.7. The molecule has 0 spiro atoms. The van der Waals surface area contributed by atoms with Crippen molar-refractivity contribution in [3.8, 4) is 5.75 Å². The summed E-state index contributed by atoms with van der Waals surface area (Å²) in [6, 6.07) is 6.40. The summed E-state index contributed by atoms with van der Waals surface area (Å²) in [7, 11) is -1.99. The Morgan fingerprint density at radius 1 is 1.08 bits per heavy atom. The lowest BCUT2D eigenvalue weighted by atomic mass is 9.96. The van der Waals surface area contributed by atoms with Gasteiger partial charge in [-0.3, -0.25) is 4.79 Å². The predicted octanol–water partition coefficient (Wildman–Crippen LogP) is 0.528. The van der Waals surface area contributed by atoms with Crippen LogP contribution < -0.4 is 10.1 Å². The number of carbonyl (C=O) groups is 1. The number of hydrogen-bond acceptors (Lipinski definition) is 5. The Morgan fingerprint density at radius 3 is 2.24 bits per heavy atom. The fourth-order valence-electron chi connectivity index (χ4n) is 3.37. The summed E-state index contributed by atoms with van der Waals surface area (Å²) in [6.45, 7) is 3.34. The SMILES string of the molecule is COc1ccc(S(=O)(=O)N2CCN(C(=O)C3CCNCC3)CC2)cc1. The van der Waals surface area contributed by atoms with Crippen LogP contribution in [-0.2, 0) is 14.8 Å². The molecule has 1 N–H and O–H groups in total. The lowest BCUT2D eigenvalue weighted by Gasteiger charge is -2.36. The number of carbonyl (C=O) groups excluding carboxylic acids is 1. The Balaban J connectivity index is 1.61. The maximum absolute atomic E-state index is 12.7. The van der Waals surface area contributed by atoms with Crippen LogP contribution >= 0.6 is 0 Å². The van der Waals surface area contributed by atoms with Gasteiger partial charge in [0, 0.05) is 32.1 Å². The average Bonchev–Trinajstić information content (AvgIpc) is 2.68. The van der Waals surface area contributed by atoms with Gasteiger partial charge in [-0.2, -0.15) is 4.31 Å². The van der Waals surface area contributed by atoms with Crippen LogP contribution in [0.1, 0.15) is 12.8 Å². The van der Waals surface area contributed by atoms with Crippen molar-refractivity contribution in [3.63, 3.8) is 0 Å². The van der Waals surface area contributed by atoms with E-state index in [1.807, 2.05) is 4.90 Å². The molecule has 7 nitrogen and oxygen atoms in total. The molecule has 0 bridgehead atoms. The molecule has 2 saturated heterocycles. The van der Waals surface area contributed by atoms with E-state index in [1.54, 1.807) is 31.4 Å². The van der Waals surface area contributed by atoms with Gasteiger partial charge < -0.3 is 15.0 Å². The number of nitrogens with zero attached hydrogens (tertiary/aromatic N) is 2. The van der Waals surface area contributed by atoms with Gasteiger partial charge in [-0.1, -0.05) is 0 Å². The fraction of sp³-hybridized carbons (Fsp3) is 0.588. The van der Waals surface area contributed by atoms with Crippen molar-refractivity contribution >= 4 is 15.9 Å². The van der Waals surface area contributed by atoms with E-state index in [4.69, 9.17) is 4.74 Å². The largest absolute Gasteiger partial charge is 0.497 e. The molecule has 1 amide bonds. The zero-order chi connectivity index (χ0) is 17.9. The molecule has 1 aromatic carbocycles. The molecule has 2 aliphatic heterocycles. The molecule has 0 radical (unpaired) electrons. The zero-order valence-corrected chi connectivity index (χ0v) is 15.3. The Hall–Kier alpha value is -1.64. The van der Waals surface area contributed by atoms with Crippen molar-refractivity contribution in [1.29, 1.82) is 0 Å². The second-order valence-electron chi connectivity index (χ2n) is 6.43. The second kappa shape index (κ2) is 7.72. The first-order chi connectivity index (χ1) is 12.0. The quantitative estimate of drug-likeness (QED) is 0.840. The summed E-state index contributed by atoms with van der Waals surface area (Å²) in [5.74, 6) is 0.866. The van der Waals surface area contributed by atoms with Gasteiger partial charge in [0.2, 0.25) is 15.9 Å². The van der Waals surface area contributed by atoms with Gasteiger partial charge in [0.1, 0.15) is 5.75 Å². The topological polar surface area (TPSA) is 79.0 Å². The number of nitrogens with one attached hydrogen (secondary N) is 1. The molecule has 2 aliphatic rings. The third-order valence-corrected chi connectivity index (χ3v) is 6.85.